The van der Waals surface area contributed by atoms with Crippen LogP contribution in [0.1, 0.15) is 25.8 Å². The molecule has 0 aliphatic heterocycles. The first-order valence-corrected chi connectivity index (χ1v) is 5.14. The van der Waals surface area contributed by atoms with Crippen LogP contribution >= 0.6 is 0 Å². The second kappa shape index (κ2) is 5.56. The maximum absolute atomic E-state index is 11.5. The van der Waals surface area contributed by atoms with Crippen molar-refractivity contribution in [1.82, 2.24) is 5.32 Å². The summed E-state index contributed by atoms with van der Waals surface area (Å²) in [5.74, 6) is 0.324. The summed E-state index contributed by atoms with van der Waals surface area (Å²) in [5, 5.41) is 2.77. The van der Waals surface area contributed by atoms with Gasteiger partial charge in [-0.1, -0.05) is 13.8 Å². The van der Waals surface area contributed by atoms with Gasteiger partial charge < -0.3 is 15.5 Å². The highest BCUT2D eigenvalue weighted by atomic mass is 16.3. The first-order chi connectivity index (χ1) is 7.09. The number of carbonyl (C=O) groups excluding carboxylic acids is 1. The van der Waals surface area contributed by atoms with Crippen molar-refractivity contribution in [3.63, 3.8) is 0 Å². The number of nitrogens with two attached hydrogens (primary N) is 1. The fourth-order valence-corrected chi connectivity index (χ4v) is 1.33. The lowest BCUT2D eigenvalue weighted by Crippen LogP contribution is -2.40. The van der Waals surface area contributed by atoms with E-state index in [-0.39, 0.29) is 5.91 Å². The van der Waals surface area contributed by atoms with Gasteiger partial charge in [-0.3, -0.25) is 4.79 Å². The molecule has 1 rings (SSSR count). The topological polar surface area (TPSA) is 68.3 Å². The third-order valence-corrected chi connectivity index (χ3v) is 2.11. The molecule has 1 aromatic rings. The first kappa shape index (κ1) is 11.8. The fourth-order valence-electron chi connectivity index (χ4n) is 1.33. The van der Waals surface area contributed by atoms with E-state index in [4.69, 9.17) is 10.2 Å². The standard InChI is InChI=1S/C11H18N2O2/c1-8(2)5-10(12)11(14)13-6-9-3-4-15-7-9/h3-4,7-8,10H,5-6,12H2,1-2H3,(H,13,14)/t10-/m1/s1. The molecule has 0 aliphatic carbocycles. The molecule has 0 bridgehead atoms. The summed E-state index contributed by atoms with van der Waals surface area (Å²) in [7, 11) is 0. The van der Waals surface area contributed by atoms with Crippen LogP contribution in [0.4, 0.5) is 0 Å². The molecule has 0 fully saturated rings. The highest BCUT2D eigenvalue weighted by molar-refractivity contribution is 5.81. The quantitative estimate of drug-likeness (QED) is 0.769. The lowest BCUT2D eigenvalue weighted by atomic mass is 10.0. The van der Waals surface area contributed by atoms with Gasteiger partial charge in [0.25, 0.3) is 0 Å². The monoisotopic (exact) mass is 210 g/mol. The van der Waals surface area contributed by atoms with Crippen LogP contribution in [0.5, 0.6) is 0 Å². The smallest absolute Gasteiger partial charge is 0.237 e. The Morgan fingerprint density at radius 3 is 2.87 bits per heavy atom. The van der Waals surface area contributed by atoms with Crippen LogP contribution in [-0.2, 0) is 11.3 Å². The number of rotatable bonds is 5. The Labute approximate surface area is 89.8 Å². The van der Waals surface area contributed by atoms with Crippen LogP contribution in [0, 0.1) is 5.92 Å². The second-order valence-corrected chi connectivity index (χ2v) is 4.09. The molecular formula is C11H18N2O2. The second-order valence-electron chi connectivity index (χ2n) is 4.09. The number of nitrogens with one attached hydrogen (secondary N) is 1. The number of hydrogen-bond donors (Lipinski definition) is 2. The first-order valence-electron chi connectivity index (χ1n) is 5.14. The Kier molecular flexibility index (Phi) is 4.37. The Bertz CT molecular complexity index is 294. The molecule has 0 saturated heterocycles. The van der Waals surface area contributed by atoms with Crippen LogP contribution in [0.25, 0.3) is 0 Å². The van der Waals surface area contributed by atoms with Crippen molar-refractivity contribution < 1.29 is 9.21 Å². The lowest BCUT2D eigenvalue weighted by Gasteiger charge is -2.13. The maximum atomic E-state index is 11.5. The van der Waals surface area contributed by atoms with Gasteiger partial charge in [-0.05, 0) is 18.4 Å². The molecule has 4 nitrogen and oxygen atoms in total. The molecule has 4 heteroatoms. The average Bonchev–Trinajstić information content (AvgIpc) is 2.65. The molecule has 1 atom stereocenters. The van der Waals surface area contributed by atoms with E-state index in [0.29, 0.717) is 18.9 Å². The van der Waals surface area contributed by atoms with Gasteiger partial charge in [0.15, 0.2) is 0 Å². The fraction of sp³-hybridized carbons (Fsp3) is 0.545. The van der Waals surface area contributed by atoms with E-state index in [0.717, 1.165) is 5.56 Å². The van der Waals surface area contributed by atoms with Crippen molar-refractivity contribution in [3.8, 4) is 0 Å². The molecule has 0 aromatic carbocycles. The predicted octanol–water partition coefficient (Wildman–Crippen LogP) is 1.27. The van der Waals surface area contributed by atoms with Crippen LogP contribution in [0.3, 0.4) is 0 Å². The molecule has 3 N–H and O–H groups in total. The van der Waals surface area contributed by atoms with Gasteiger partial charge in [0, 0.05) is 12.1 Å². The molecule has 1 heterocycles. The predicted molar refractivity (Wildman–Crippen MR) is 58.0 cm³/mol. The lowest BCUT2D eigenvalue weighted by molar-refractivity contribution is -0.122. The van der Waals surface area contributed by atoms with E-state index >= 15 is 0 Å². The van der Waals surface area contributed by atoms with Crippen LogP contribution in [-0.4, -0.2) is 11.9 Å². The molecule has 0 radical (unpaired) electrons. The summed E-state index contributed by atoms with van der Waals surface area (Å²) in [4.78, 5) is 11.5. The highest BCUT2D eigenvalue weighted by Gasteiger charge is 2.14. The van der Waals surface area contributed by atoms with Gasteiger partial charge in [0.05, 0.1) is 18.6 Å². The van der Waals surface area contributed by atoms with Crippen LogP contribution in [0.15, 0.2) is 23.0 Å². The van der Waals surface area contributed by atoms with Crippen molar-refractivity contribution in [1.29, 1.82) is 0 Å². The Morgan fingerprint density at radius 2 is 2.33 bits per heavy atom. The normalized spacial score (nSPS) is 12.8. The maximum Gasteiger partial charge on any atom is 0.237 e. The van der Waals surface area contributed by atoms with Crippen LogP contribution in [0.2, 0.25) is 0 Å². The number of hydrogen-bond acceptors (Lipinski definition) is 3. The molecule has 0 unspecified atom stereocenters. The van der Waals surface area contributed by atoms with Gasteiger partial charge >= 0.3 is 0 Å². The number of furan rings is 1. The number of carbonyl (C=O) groups is 1. The molecule has 15 heavy (non-hydrogen) atoms. The van der Waals surface area contributed by atoms with E-state index in [2.05, 4.69) is 5.32 Å². The van der Waals surface area contributed by atoms with Gasteiger partial charge in [-0.2, -0.15) is 0 Å². The molecule has 84 valence electrons. The van der Waals surface area contributed by atoms with Crippen molar-refractivity contribution in [3.05, 3.63) is 24.2 Å². The average molecular weight is 210 g/mol. The third kappa shape index (κ3) is 4.16. The van der Waals surface area contributed by atoms with Crippen LogP contribution < -0.4 is 11.1 Å². The minimum absolute atomic E-state index is 0.107. The van der Waals surface area contributed by atoms with Crippen molar-refractivity contribution in [2.45, 2.75) is 32.9 Å². The Morgan fingerprint density at radius 1 is 1.60 bits per heavy atom. The largest absolute Gasteiger partial charge is 0.472 e. The zero-order chi connectivity index (χ0) is 11.3. The minimum Gasteiger partial charge on any atom is -0.472 e. The summed E-state index contributed by atoms with van der Waals surface area (Å²) in [6.07, 6.45) is 3.89. The molecule has 1 amide bonds. The molecule has 1 aromatic heterocycles. The molecule has 0 saturated carbocycles. The third-order valence-electron chi connectivity index (χ3n) is 2.11. The molecule has 0 aliphatic rings. The zero-order valence-corrected chi connectivity index (χ0v) is 9.19. The molecular weight excluding hydrogens is 192 g/mol. The van der Waals surface area contributed by atoms with E-state index in [1.165, 1.54) is 0 Å². The summed E-state index contributed by atoms with van der Waals surface area (Å²) in [6, 6.07) is 1.39. The van der Waals surface area contributed by atoms with Gasteiger partial charge in [0.1, 0.15) is 0 Å². The summed E-state index contributed by atoms with van der Waals surface area (Å²) < 4.78 is 4.89. The zero-order valence-electron chi connectivity index (χ0n) is 9.19. The van der Waals surface area contributed by atoms with E-state index in [1.807, 2.05) is 19.9 Å². The van der Waals surface area contributed by atoms with Gasteiger partial charge in [0.2, 0.25) is 5.91 Å². The SMILES string of the molecule is CC(C)C[C@@H](N)C(=O)NCc1ccoc1. The van der Waals surface area contributed by atoms with E-state index in [9.17, 15) is 4.79 Å². The highest BCUT2D eigenvalue weighted by Crippen LogP contribution is 2.03. The van der Waals surface area contributed by atoms with Crippen molar-refractivity contribution in [2.24, 2.45) is 11.7 Å². The number of amides is 1. The summed E-state index contributed by atoms with van der Waals surface area (Å²) in [5.41, 5.74) is 6.67. The van der Waals surface area contributed by atoms with Crippen molar-refractivity contribution >= 4 is 5.91 Å². The van der Waals surface area contributed by atoms with Crippen molar-refractivity contribution in [2.75, 3.05) is 0 Å². The van der Waals surface area contributed by atoms with E-state index in [1.54, 1.807) is 12.5 Å². The molecule has 0 spiro atoms. The van der Waals surface area contributed by atoms with Gasteiger partial charge in [-0.25, -0.2) is 0 Å². The van der Waals surface area contributed by atoms with Gasteiger partial charge in [-0.15, -0.1) is 0 Å². The van der Waals surface area contributed by atoms with E-state index < -0.39 is 6.04 Å². The minimum atomic E-state index is -0.420. The Hall–Kier alpha value is -1.29. The Balaban J connectivity index is 2.29. The summed E-state index contributed by atoms with van der Waals surface area (Å²) >= 11 is 0. The summed E-state index contributed by atoms with van der Waals surface area (Å²) in [6.45, 7) is 4.56.